The van der Waals surface area contributed by atoms with Crippen molar-refractivity contribution >= 4 is 46.9 Å². The summed E-state index contributed by atoms with van der Waals surface area (Å²) in [5.41, 5.74) is 3.95. The predicted octanol–water partition coefficient (Wildman–Crippen LogP) is 5.31. The number of carbonyl (C=O) groups excluding carboxylic acids is 1. The number of ether oxygens (including phenoxy) is 2. The van der Waals surface area contributed by atoms with Gasteiger partial charge in [-0.2, -0.15) is 4.98 Å². The molecule has 2 aromatic carbocycles. The highest BCUT2D eigenvalue weighted by Crippen LogP contribution is 2.43. The van der Waals surface area contributed by atoms with E-state index in [2.05, 4.69) is 25.9 Å². The molecule has 15 heteroatoms. The molecule has 2 aromatic heterocycles. The molecule has 0 saturated carbocycles. The van der Waals surface area contributed by atoms with E-state index >= 15 is 0 Å². The summed E-state index contributed by atoms with van der Waals surface area (Å²) in [6.07, 6.45) is 1.71. The second-order valence-corrected chi connectivity index (χ2v) is 14.0. The lowest BCUT2D eigenvalue weighted by Crippen LogP contribution is -2.36. The molecule has 4 aromatic rings. The number of hydrogen-bond acceptors (Lipinski definition) is 10. The lowest BCUT2D eigenvalue weighted by atomic mass is 9.81. The summed E-state index contributed by atoms with van der Waals surface area (Å²) in [4.78, 5) is 45.6. The Morgan fingerprint density at radius 2 is 1.85 bits per heavy atom. The average molecular weight is 765 g/mol. The summed E-state index contributed by atoms with van der Waals surface area (Å²) >= 11 is 13.6. The van der Waals surface area contributed by atoms with Crippen molar-refractivity contribution < 1.29 is 39.2 Å². The zero-order valence-electron chi connectivity index (χ0n) is 28.8. The fourth-order valence-electron chi connectivity index (χ4n) is 6.95. The van der Waals surface area contributed by atoms with Gasteiger partial charge in [0.15, 0.2) is 0 Å². The number of aliphatic hydroxyl groups excluding tert-OH is 1. The topological polar surface area (TPSA) is 192 Å². The molecule has 1 aliphatic heterocycles. The number of hydrogen-bond donors (Lipinski definition) is 6. The number of fused-ring (bicyclic) bond motifs is 1. The predicted molar refractivity (Wildman–Crippen MR) is 198 cm³/mol. The maximum absolute atomic E-state index is 13.7. The number of pyridine rings is 2. The third-order valence-corrected chi connectivity index (χ3v) is 10.3. The Bertz CT molecular complexity index is 2020. The minimum atomic E-state index is -1.09. The van der Waals surface area contributed by atoms with Gasteiger partial charge in [0.05, 0.1) is 35.6 Å². The second kappa shape index (κ2) is 16.5. The first-order valence-electron chi connectivity index (χ1n) is 17.1. The van der Waals surface area contributed by atoms with Crippen LogP contribution < -0.4 is 25.4 Å². The largest absolute Gasteiger partial charge is 0.481 e. The van der Waals surface area contributed by atoms with E-state index in [1.165, 1.54) is 7.11 Å². The van der Waals surface area contributed by atoms with Crippen LogP contribution in [0, 0.1) is 5.41 Å². The van der Waals surface area contributed by atoms with Crippen LogP contribution in [0.1, 0.15) is 58.0 Å². The molecule has 13 nitrogen and oxygen atoms in total. The van der Waals surface area contributed by atoms with E-state index in [0.29, 0.717) is 49.0 Å². The van der Waals surface area contributed by atoms with E-state index in [1.807, 2.05) is 24.3 Å². The number of halogens is 2. The Hall–Kier alpha value is -4.79. The Morgan fingerprint density at radius 1 is 1.06 bits per heavy atom. The first kappa shape index (κ1) is 38.0. The zero-order chi connectivity index (χ0) is 37.7. The van der Waals surface area contributed by atoms with Crippen molar-refractivity contribution in [3.8, 4) is 22.9 Å². The number of carboxylic acid groups (broad SMARTS) is 2. The summed E-state index contributed by atoms with van der Waals surface area (Å²) < 4.78 is 11.8. The molecule has 1 unspecified atom stereocenters. The molecule has 53 heavy (non-hydrogen) atoms. The van der Waals surface area contributed by atoms with Crippen LogP contribution >= 0.6 is 23.2 Å². The number of anilines is 1. The number of rotatable bonds is 15. The van der Waals surface area contributed by atoms with Crippen LogP contribution in [0.5, 0.6) is 11.8 Å². The zero-order valence-corrected chi connectivity index (χ0v) is 30.3. The molecule has 2 aliphatic rings. The quantitative estimate of drug-likeness (QED) is 0.0916. The van der Waals surface area contributed by atoms with Crippen molar-refractivity contribution in [3.63, 3.8) is 0 Å². The third-order valence-electron chi connectivity index (χ3n) is 9.63. The SMILES string of the molecule is COc1nc(O[C@H]2CCc3c(-c4cccc(C(=O)Nc5ncccc5CC5(C(=O)O)CCNC5)c4Cl)cccc32)c(Cl)cc1CNC[C@@H](O)CC(=O)O. The monoisotopic (exact) mass is 763 g/mol. The number of aromatic nitrogens is 2. The molecule has 1 saturated heterocycles. The van der Waals surface area contributed by atoms with E-state index in [4.69, 9.17) is 37.8 Å². The van der Waals surface area contributed by atoms with Crippen molar-refractivity contribution in [1.82, 2.24) is 20.6 Å². The first-order valence-corrected chi connectivity index (χ1v) is 17.9. The lowest BCUT2D eigenvalue weighted by molar-refractivity contribution is -0.147. The van der Waals surface area contributed by atoms with Gasteiger partial charge >= 0.3 is 11.9 Å². The Morgan fingerprint density at radius 3 is 2.58 bits per heavy atom. The van der Waals surface area contributed by atoms with Crippen molar-refractivity contribution in [3.05, 3.63) is 98.7 Å². The second-order valence-electron chi connectivity index (χ2n) is 13.2. The summed E-state index contributed by atoms with van der Waals surface area (Å²) in [5, 5.41) is 38.2. The molecule has 0 bridgehead atoms. The molecule has 3 atom stereocenters. The number of carbonyl (C=O) groups is 3. The van der Waals surface area contributed by atoms with Gasteiger partial charge in [0.2, 0.25) is 11.8 Å². The molecule has 0 radical (unpaired) electrons. The standard InChI is InChI=1S/C38H39Cl2N5O8/c1-52-35-22(18-42-19-23(46)16-31(47)48)15-29(39)36(45-35)53-30-11-10-25-24(6-2-7-26(25)30)27-8-3-9-28(32(27)40)34(49)44-33-21(5-4-13-43-33)17-38(37(50)51)12-14-41-20-38/h2-9,13,15,23,30,41-42,46H,10-12,14,16-20H2,1H3,(H,47,48)(H,50,51)(H,43,44,49)/t23-,30-,38?/m0/s1. The molecule has 6 rings (SSSR count). The minimum Gasteiger partial charge on any atom is -0.481 e. The van der Waals surface area contributed by atoms with Gasteiger partial charge in [-0.3, -0.25) is 14.4 Å². The highest BCUT2D eigenvalue weighted by molar-refractivity contribution is 6.37. The molecule has 3 heterocycles. The fourth-order valence-corrected chi connectivity index (χ4v) is 7.49. The maximum Gasteiger partial charge on any atom is 0.311 e. The number of aliphatic hydroxyl groups is 1. The maximum atomic E-state index is 13.7. The van der Waals surface area contributed by atoms with Crippen LogP contribution in [0.4, 0.5) is 5.82 Å². The number of nitrogens with one attached hydrogen (secondary N) is 3. The minimum absolute atomic E-state index is 0.0581. The van der Waals surface area contributed by atoms with E-state index in [-0.39, 0.29) is 65.2 Å². The van der Waals surface area contributed by atoms with Crippen LogP contribution in [0.15, 0.2) is 60.8 Å². The van der Waals surface area contributed by atoms with Crippen molar-refractivity contribution in [1.29, 1.82) is 0 Å². The molecule has 1 aliphatic carbocycles. The molecule has 1 amide bonds. The van der Waals surface area contributed by atoms with Gasteiger partial charge in [-0.1, -0.05) is 59.6 Å². The number of benzene rings is 2. The average Bonchev–Trinajstić information content (AvgIpc) is 3.78. The number of aliphatic carboxylic acids is 2. The highest BCUT2D eigenvalue weighted by Gasteiger charge is 2.42. The van der Waals surface area contributed by atoms with Crippen molar-refractivity contribution in [2.24, 2.45) is 5.41 Å². The molecule has 6 N–H and O–H groups in total. The molecule has 1 fully saturated rings. The van der Waals surface area contributed by atoms with Crippen LogP contribution in [-0.2, 0) is 29.0 Å². The number of amides is 1. The van der Waals surface area contributed by atoms with E-state index in [0.717, 1.165) is 16.7 Å². The number of carboxylic acids is 2. The van der Waals surface area contributed by atoms with Crippen molar-refractivity contribution in [2.75, 3.05) is 32.1 Å². The number of methoxy groups -OCH3 is 1. The van der Waals surface area contributed by atoms with Gasteiger partial charge in [-0.15, -0.1) is 0 Å². The molecule has 0 spiro atoms. The summed E-state index contributed by atoms with van der Waals surface area (Å²) in [5.74, 6) is -1.71. The Labute approximate surface area is 315 Å². The van der Waals surface area contributed by atoms with Gasteiger partial charge in [0, 0.05) is 37.0 Å². The van der Waals surface area contributed by atoms with Crippen LogP contribution in [0.3, 0.4) is 0 Å². The lowest BCUT2D eigenvalue weighted by Gasteiger charge is -2.24. The Balaban J connectivity index is 1.19. The molecule has 278 valence electrons. The summed E-state index contributed by atoms with van der Waals surface area (Å²) in [7, 11) is 1.47. The van der Waals surface area contributed by atoms with E-state index < -0.39 is 29.4 Å². The molecular weight excluding hydrogens is 725 g/mol. The summed E-state index contributed by atoms with van der Waals surface area (Å²) in [6.45, 7) is 1.22. The Kier molecular flexibility index (Phi) is 11.8. The van der Waals surface area contributed by atoms with Crippen LogP contribution in [-0.4, -0.2) is 76.0 Å². The van der Waals surface area contributed by atoms with Crippen LogP contribution in [0.25, 0.3) is 11.1 Å². The highest BCUT2D eigenvalue weighted by atomic mass is 35.5. The first-order chi connectivity index (χ1) is 25.5. The summed E-state index contributed by atoms with van der Waals surface area (Å²) in [6, 6.07) is 16.2. The van der Waals surface area contributed by atoms with Crippen LogP contribution in [0.2, 0.25) is 10.0 Å². The number of nitrogens with zero attached hydrogens (tertiary/aromatic N) is 2. The van der Waals surface area contributed by atoms with Gasteiger partial charge < -0.3 is 40.7 Å². The third kappa shape index (κ3) is 8.40. The van der Waals surface area contributed by atoms with Gasteiger partial charge in [0.25, 0.3) is 5.91 Å². The normalized spacial score (nSPS) is 18.3. The van der Waals surface area contributed by atoms with Gasteiger partial charge in [-0.05, 0) is 72.7 Å². The molecular formula is C38H39Cl2N5O8. The smallest absolute Gasteiger partial charge is 0.311 e. The van der Waals surface area contributed by atoms with E-state index in [1.54, 1.807) is 36.5 Å². The van der Waals surface area contributed by atoms with Crippen molar-refractivity contribution in [2.45, 2.75) is 50.9 Å². The van der Waals surface area contributed by atoms with E-state index in [9.17, 15) is 24.6 Å². The van der Waals surface area contributed by atoms with Gasteiger partial charge in [-0.25, -0.2) is 4.98 Å². The fraction of sp³-hybridized carbons (Fsp3) is 0.342. The van der Waals surface area contributed by atoms with Gasteiger partial charge in [0.1, 0.15) is 16.9 Å².